The number of aromatic nitrogens is 2. The predicted octanol–water partition coefficient (Wildman–Crippen LogP) is 4.26. The SMILES string of the molecule is CCCOCCCc1cc(Nc2cc(C3=CCNCC3)c(C)cc2C=N)ncn1. The number of hydrogen-bond donors (Lipinski definition) is 3. The van der Waals surface area contributed by atoms with Gasteiger partial charge >= 0.3 is 0 Å². The number of benzene rings is 1. The van der Waals surface area contributed by atoms with Gasteiger partial charge in [-0.05, 0) is 68.0 Å². The van der Waals surface area contributed by atoms with Crippen LogP contribution in [0.5, 0.6) is 0 Å². The monoisotopic (exact) mass is 393 g/mol. The molecule has 29 heavy (non-hydrogen) atoms. The van der Waals surface area contributed by atoms with E-state index in [9.17, 15) is 0 Å². The summed E-state index contributed by atoms with van der Waals surface area (Å²) in [6.45, 7) is 7.69. The number of nitrogens with one attached hydrogen (secondary N) is 3. The smallest absolute Gasteiger partial charge is 0.134 e. The van der Waals surface area contributed by atoms with Crippen LogP contribution < -0.4 is 10.6 Å². The molecule has 0 radical (unpaired) electrons. The van der Waals surface area contributed by atoms with Crippen LogP contribution in [-0.4, -0.2) is 42.5 Å². The van der Waals surface area contributed by atoms with Gasteiger partial charge in [-0.15, -0.1) is 0 Å². The van der Waals surface area contributed by atoms with Crippen LogP contribution in [0.15, 0.2) is 30.6 Å². The van der Waals surface area contributed by atoms with Crippen molar-refractivity contribution in [2.45, 2.75) is 39.5 Å². The molecule has 0 saturated heterocycles. The second-order valence-electron chi connectivity index (χ2n) is 7.32. The lowest BCUT2D eigenvalue weighted by molar-refractivity contribution is 0.132. The van der Waals surface area contributed by atoms with E-state index in [4.69, 9.17) is 10.1 Å². The van der Waals surface area contributed by atoms with Gasteiger partial charge in [-0.25, -0.2) is 9.97 Å². The van der Waals surface area contributed by atoms with Gasteiger partial charge in [-0.2, -0.15) is 0 Å². The van der Waals surface area contributed by atoms with E-state index in [0.29, 0.717) is 0 Å². The molecule has 0 fully saturated rings. The van der Waals surface area contributed by atoms with Crippen LogP contribution >= 0.6 is 0 Å². The van der Waals surface area contributed by atoms with E-state index >= 15 is 0 Å². The Morgan fingerprint density at radius 2 is 2.14 bits per heavy atom. The Kier molecular flexibility index (Phi) is 7.90. The summed E-state index contributed by atoms with van der Waals surface area (Å²) in [6.07, 6.45) is 9.10. The molecule has 1 aliphatic rings. The molecule has 1 aromatic carbocycles. The second-order valence-corrected chi connectivity index (χ2v) is 7.32. The highest BCUT2D eigenvalue weighted by atomic mass is 16.5. The highest BCUT2D eigenvalue weighted by Gasteiger charge is 2.13. The van der Waals surface area contributed by atoms with E-state index in [1.807, 2.05) is 6.07 Å². The van der Waals surface area contributed by atoms with Crippen molar-refractivity contribution in [2.75, 3.05) is 31.6 Å². The zero-order chi connectivity index (χ0) is 20.5. The first-order chi connectivity index (χ1) is 14.2. The lowest BCUT2D eigenvalue weighted by Crippen LogP contribution is -2.20. The minimum atomic E-state index is 0.752. The summed E-state index contributed by atoms with van der Waals surface area (Å²) in [5, 5.41) is 14.6. The molecule has 0 unspecified atom stereocenters. The standard InChI is InChI=1S/C23H31N5O/c1-3-10-29-11-4-5-20-13-23(27-16-26-20)28-22-14-21(17(2)12-19(22)15-24)18-6-8-25-9-7-18/h6,12-16,24-25H,3-5,7-11H2,1-2H3,(H,26,27,28). The maximum Gasteiger partial charge on any atom is 0.134 e. The fourth-order valence-electron chi connectivity index (χ4n) is 3.51. The number of anilines is 2. The zero-order valence-electron chi connectivity index (χ0n) is 17.4. The zero-order valence-corrected chi connectivity index (χ0v) is 17.4. The molecule has 1 aromatic heterocycles. The van der Waals surface area contributed by atoms with Gasteiger partial charge < -0.3 is 20.8 Å². The predicted molar refractivity (Wildman–Crippen MR) is 119 cm³/mol. The summed E-state index contributed by atoms with van der Waals surface area (Å²) in [6, 6.07) is 6.20. The Bertz CT molecular complexity index is 862. The largest absolute Gasteiger partial charge is 0.381 e. The normalized spacial score (nSPS) is 13.8. The quantitative estimate of drug-likeness (QED) is 0.415. The van der Waals surface area contributed by atoms with Crippen molar-refractivity contribution >= 4 is 23.3 Å². The van der Waals surface area contributed by atoms with Crippen LogP contribution in [-0.2, 0) is 11.2 Å². The summed E-state index contributed by atoms with van der Waals surface area (Å²) in [4.78, 5) is 8.76. The lowest BCUT2D eigenvalue weighted by Gasteiger charge is -2.19. The Morgan fingerprint density at radius 1 is 1.24 bits per heavy atom. The van der Waals surface area contributed by atoms with E-state index in [2.05, 4.69) is 52.7 Å². The van der Waals surface area contributed by atoms with E-state index in [1.165, 1.54) is 22.9 Å². The molecule has 3 N–H and O–H groups in total. The van der Waals surface area contributed by atoms with Crippen molar-refractivity contribution in [2.24, 2.45) is 0 Å². The third-order valence-electron chi connectivity index (χ3n) is 5.02. The van der Waals surface area contributed by atoms with Crippen molar-refractivity contribution < 1.29 is 4.74 Å². The molecule has 0 atom stereocenters. The molecule has 2 aromatic rings. The van der Waals surface area contributed by atoms with Gasteiger partial charge in [0.2, 0.25) is 0 Å². The van der Waals surface area contributed by atoms with Crippen LogP contribution in [0.1, 0.15) is 48.6 Å². The third kappa shape index (κ3) is 5.95. The number of nitrogens with zero attached hydrogens (tertiary/aromatic N) is 2. The Morgan fingerprint density at radius 3 is 2.90 bits per heavy atom. The first-order valence-electron chi connectivity index (χ1n) is 10.4. The average Bonchev–Trinajstić information content (AvgIpc) is 2.75. The maximum absolute atomic E-state index is 7.81. The highest BCUT2D eigenvalue weighted by molar-refractivity contribution is 5.89. The fraction of sp³-hybridized carbons (Fsp3) is 0.435. The summed E-state index contributed by atoms with van der Waals surface area (Å²) in [7, 11) is 0. The van der Waals surface area contributed by atoms with Crippen LogP contribution in [0.3, 0.4) is 0 Å². The van der Waals surface area contributed by atoms with Crippen molar-refractivity contribution in [1.82, 2.24) is 15.3 Å². The molecule has 2 heterocycles. The Balaban J connectivity index is 1.76. The van der Waals surface area contributed by atoms with Gasteiger partial charge in [0.25, 0.3) is 0 Å². The number of rotatable bonds is 10. The highest BCUT2D eigenvalue weighted by Crippen LogP contribution is 2.30. The van der Waals surface area contributed by atoms with Crippen LogP contribution in [0.4, 0.5) is 11.5 Å². The first-order valence-corrected chi connectivity index (χ1v) is 10.4. The van der Waals surface area contributed by atoms with E-state index in [0.717, 1.165) is 74.7 Å². The van der Waals surface area contributed by atoms with E-state index in [1.54, 1.807) is 6.33 Å². The minimum Gasteiger partial charge on any atom is -0.381 e. The molecule has 0 amide bonds. The molecule has 0 bridgehead atoms. The van der Waals surface area contributed by atoms with Gasteiger partial charge in [-0.1, -0.05) is 13.0 Å². The molecule has 1 aliphatic heterocycles. The maximum atomic E-state index is 7.81. The van der Waals surface area contributed by atoms with Crippen LogP contribution in [0.2, 0.25) is 0 Å². The molecular weight excluding hydrogens is 362 g/mol. The molecule has 0 saturated carbocycles. The Labute approximate surface area is 173 Å². The fourth-order valence-corrected chi connectivity index (χ4v) is 3.51. The van der Waals surface area contributed by atoms with E-state index in [-0.39, 0.29) is 0 Å². The third-order valence-corrected chi connectivity index (χ3v) is 5.02. The molecule has 3 rings (SSSR count). The van der Waals surface area contributed by atoms with Crippen molar-refractivity contribution in [3.8, 4) is 0 Å². The minimum absolute atomic E-state index is 0.752. The van der Waals surface area contributed by atoms with Gasteiger partial charge in [0.15, 0.2) is 0 Å². The average molecular weight is 394 g/mol. The van der Waals surface area contributed by atoms with Gasteiger partial charge in [0, 0.05) is 49.0 Å². The second kappa shape index (κ2) is 10.8. The molecule has 6 nitrogen and oxygen atoms in total. The van der Waals surface area contributed by atoms with Crippen LogP contribution in [0.25, 0.3) is 5.57 Å². The molecule has 154 valence electrons. The summed E-state index contributed by atoms with van der Waals surface area (Å²) >= 11 is 0. The number of ether oxygens (including phenoxy) is 1. The molecule has 0 aliphatic carbocycles. The van der Waals surface area contributed by atoms with Crippen molar-refractivity contribution in [3.63, 3.8) is 0 Å². The van der Waals surface area contributed by atoms with Crippen molar-refractivity contribution in [1.29, 1.82) is 5.41 Å². The van der Waals surface area contributed by atoms with Gasteiger partial charge in [0.1, 0.15) is 12.1 Å². The molecular formula is C23H31N5O. The summed E-state index contributed by atoms with van der Waals surface area (Å²) < 4.78 is 5.55. The number of aryl methyl sites for hydroxylation is 2. The van der Waals surface area contributed by atoms with Gasteiger partial charge in [0.05, 0.1) is 0 Å². The lowest BCUT2D eigenvalue weighted by atomic mass is 9.93. The summed E-state index contributed by atoms with van der Waals surface area (Å²) in [5.41, 5.74) is 6.54. The van der Waals surface area contributed by atoms with E-state index < -0.39 is 0 Å². The Hall–Kier alpha value is -2.57. The van der Waals surface area contributed by atoms with Crippen molar-refractivity contribution in [3.05, 3.63) is 53.0 Å². The first kappa shape index (κ1) is 21.1. The van der Waals surface area contributed by atoms with Gasteiger partial charge in [-0.3, -0.25) is 0 Å². The van der Waals surface area contributed by atoms with Crippen LogP contribution in [0, 0.1) is 12.3 Å². The topological polar surface area (TPSA) is 82.9 Å². The molecule has 0 spiro atoms. The number of hydrogen-bond acceptors (Lipinski definition) is 6. The molecule has 6 heteroatoms. The summed E-state index contributed by atoms with van der Waals surface area (Å²) in [5.74, 6) is 0.752.